The molecule has 1 aromatic carbocycles. The Labute approximate surface area is 205 Å². The van der Waals surface area contributed by atoms with E-state index < -0.39 is 0 Å². The molecule has 0 saturated carbocycles. The number of likely N-dealkylation sites (tertiary alicyclic amines) is 1. The molecule has 3 aliphatic heterocycles. The number of ether oxygens (including phenoxy) is 1. The van der Waals surface area contributed by atoms with Crippen molar-refractivity contribution in [3.63, 3.8) is 0 Å². The van der Waals surface area contributed by atoms with Crippen molar-refractivity contribution in [2.24, 2.45) is 11.8 Å². The molecule has 8 heteroatoms. The van der Waals surface area contributed by atoms with Crippen LogP contribution in [0.5, 0.6) is 5.75 Å². The molecule has 2 unspecified atom stereocenters. The maximum atomic E-state index is 14.8. The van der Waals surface area contributed by atoms with Crippen LogP contribution in [0.3, 0.4) is 0 Å². The third-order valence-electron chi connectivity index (χ3n) is 7.89. The number of rotatable bonds is 4. The van der Waals surface area contributed by atoms with E-state index in [1.54, 1.807) is 12.1 Å². The van der Waals surface area contributed by atoms with Crippen molar-refractivity contribution in [3.8, 4) is 17.0 Å². The molecular formula is C27H33FN6O. The zero-order valence-corrected chi connectivity index (χ0v) is 20.5. The van der Waals surface area contributed by atoms with Crippen LogP contribution in [-0.4, -0.2) is 81.4 Å². The molecule has 2 atom stereocenters. The first-order valence-electron chi connectivity index (χ1n) is 12.6. The highest BCUT2D eigenvalue weighted by Gasteiger charge is 2.37. The van der Waals surface area contributed by atoms with Gasteiger partial charge in [0.05, 0.1) is 18.3 Å². The van der Waals surface area contributed by atoms with Gasteiger partial charge in [-0.05, 0) is 56.1 Å². The lowest BCUT2D eigenvalue weighted by molar-refractivity contribution is 0.178. The van der Waals surface area contributed by atoms with Crippen LogP contribution in [0.15, 0.2) is 36.5 Å². The smallest absolute Gasteiger partial charge is 0.165 e. The van der Waals surface area contributed by atoms with E-state index in [2.05, 4.69) is 45.3 Å². The van der Waals surface area contributed by atoms with Crippen molar-refractivity contribution in [2.45, 2.75) is 6.42 Å². The number of fused-ring (bicyclic) bond motifs is 2. The SMILES string of the molecule is COc1cc2nc(-c3ccc(N4CCNCC4)nc3)cc(N3CC4CCN(C)CC4C3)c2cc1F. The van der Waals surface area contributed by atoms with Crippen LogP contribution < -0.4 is 19.9 Å². The van der Waals surface area contributed by atoms with Gasteiger partial charge in [-0.15, -0.1) is 0 Å². The predicted octanol–water partition coefficient (Wildman–Crippen LogP) is 3.24. The molecule has 3 saturated heterocycles. The number of benzene rings is 1. The first-order valence-corrected chi connectivity index (χ1v) is 12.6. The molecular weight excluding hydrogens is 443 g/mol. The largest absolute Gasteiger partial charge is 0.494 e. The highest BCUT2D eigenvalue weighted by atomic mass is 19.1. The van der Waals surface area contributed by atoms with Gasteiger partial charge in [0.25, 0.3) is 0 Å². The zero-order valence-electron chi connectivity index (χ0n) is 20.5. The van der Waals surface area contributed by atoms with Crippen LogP contribution in [-0.2, 0) is 0 Å². The third-order valence-corrected chi connectivity index (χ3v) is 7.89. The Bertz CT molecular complexity index is 1210. The lowest BCUT2D eigenvalue weighted by Crippen LogP contribution is -2.43. The topological polar surface area (TPSA) is 56.8 Å². The number of piperazine rings is 1. The second-order valence-electron chi connectivity index (χ2n) is 10.1. The zero-order chi connectivity index (χ0) is 23.9. The number of nitrogens with one attached hydrogen (secondary N) is 1. The number of piperidine rings is 1. The molecule has 3 fully saturated rings. The number of halogens is 1. The molecule has 184 valence electrons. The van der Waals surface area contributed by atoms with Crippen LogP contribution in [0.1, 0.15) is 6.42 Å². The monoisotopic (exact) mass is 476 g/mol. The summed E-state index contributed by atoms with van der Waals surface area (Å²) >= 11 is 0. The van der Waals surface area contributed by atoms with E-state index in [-0.39, 0.29) is 11.6 Å². The van der Waals surface area contributed by atoms with Crippen LogP contribution in [0.2, 0.25) is 0 Å². The van der Waals surface area contributed by atoms with E-state index in [4.69, 9.17) is 14.7 Å². The number of methoxy groups -OCH3 is 1. The second-order valence-corrected chi connectivity index (χ2v) is 10.1. The first kappa shape index (κ1) is 22.5. The van der Waals surface area contributed by atoms with Crippen LogP contribution >= 0.6 is 0 Å². The summed E-state index contributed by atoms with van der Waals surface area (Å²) in [4.78, 5) is 16.9. The number of hydrogen-bond donors (Lipinski definition) is 1. The summed E-state index contributed by atoms with van der Waals surface area (Å²) in [5.74, 6) is 2.18. The molecule has 0 aliphatic carbocycles. The number of nitrogens with zero attached hydrogens (tertiary/aromatic N) is 5. The predicted molar refractivity (Wildman–Crippen MR) is 138 cm³/mol. The first-order chi connectivity index (χ1) is 17.1. The minimum Gasteiger partial charge on any atom is -0.494 e. The lowest BCUT2D eigenvalue weighted by atomic mass is 9.89. The fourth-order valence-electron chi connectivity index (χ4n) is 5.94. The van der Waals surface area contributed by atoms with E-state index in [9.17, 15) is 4.39 Å². The Morgan fingerprint density at radius 3 is 2.60 bits per heavy atom. The van der Waals surface area contributed by atoms with Gasteiger partial charge >= 0.3 is 0 Å². The maximum absolute atomic E-state index is 14.8. The van der Waals surface area contributed by atoms with E-state index in [0.29, 0.717) is 11.8 Å². The van der Waals surface area contributed by atoms with Gasteiger partial charge in [-0.1, -0.05) is 0 Å². The molecule has 0 radical (unpaired) electrons. The molecule has 5 heterocycles. The summed E-state index contributed by atoms with van der Waals surface area (Å²) in [6.07, 6.45) is 3.13. The van der Waals surface area contributed by atoms with Crippen molar-refractivity contribution < 1.29 is 9.13 Å². The Hall–Kier alpha value is -2.97. The second kappa shape index (κ2) is 9.24. The summed E-state index contributed by atoms with van der Waals surface area (Å²) < 4.78 is 20.1. The third kappa shape index (κ3) is 4.29. The quantitative estimate of drug-likeness (QED) is 0.620. The molecule has 1 N–H and O–H groups in total. The minimum absolute atomic E-state index is 0.219. The average Bonchev–Trinajstić information content (AvgIpc) is 3.31. The van der Waals surface area contributed by atoms with Gasteiger partial charge < -0.3 is 24.8 Å². The highest BCUT2D eigenvalue weighted by Crippen LogP contribution is 2.39. The maximum Gasteiger partial charge on any atom is 0.165 e. The Morgan fingerprint density at radius 2 is 1.83 bits per heavy atom. The fourth-order valence-corrected chi connectivity index (χ4v) is 5.94. The molecule has 2 aromatic heterocycles. The fraction of sp³-hybridized carbons (Fsp3) is 0.481. The lowest BCUT2D eigenvalue weighted by Gasteiger charge is -2.31. The van der Waals surface area contributed by atoms with E-state index >= 15 is 0 Å². The highest BCUT2D eigenvalue weighted by molar-refractivity contribution is 5.95. The van der Waals surface area contributed by atoms with Crippen LogP contribution in [0.25, 0.3) is 22.2 Å². The summed E-state index contributed by atoms with van der Waals surface area (Å²) in [6, 6.07) is 9.60. The number of aromatic nitrogens is 2. The average molecular weight is 477 g/mol. The molecule has 0 bridgehead atoms. The van der Waals surface area contributed by atoms with Gasteiger partial charge in [-0.2, -0.15) is 0 Å². The number of anilines is 2. The summed E-state index contributed by atoms with van der Waals surface area (Å²) in [5.41, 5.74) is 3.61. The molecule has 3 aliphatic rings. The van der Waals surface area contributed by atoms with Crippen LogP contribution in [0, 0.1) is 17.7 Å². The molecule has 35 heavy (non-hydrogen) atoms. The van der Waals surface area contributed by atoms with Crippen molar-refractivity contribution in [1.29, 1.82) is 0 Å². The molecule has 7 nitrogen and oxygen atoms in total. The molecule has 0 spiro atoms. The van der Waals surface area contributed by atoms with Gasteiger partial charge in [0.2, 0.25) is 0 Å². The molecule has 6 rings (SSSR count). The normalized spacial score (nSPS) is 23.1. The van der Waals surface area contributed by atoms with Crippen LogP contribution in [0.4, 0.5) is 15.9 Å². The Kier molecular flexibility index (Phi) is 5.94. The van der Waals surface area contributed by atoms with Gasteiger partial charge in [-0.3, -0.25) is 0 Å². The minimum atomic E-state index is -0.353. The summed E-state index contributed by atoms with van der Waals surface area (Å²) in [7, 11) is 3.70. The van der Waals surface area contributed by atoms with Crippen molar-refractivity contribution in [1.82, 2.24) is 20.2 Å². The van der Waals surface area contributed by atoms with Crippen molar-refractivity contribution in [3.05, 3.63) is 42.3 Å². The summed E-state index contributed by atoms with van der Waals surface area (Å²) in [6.45, 7) is 8.14. The number of hydrogen-bond acceptors (Lipinski definition) is 7. The molecule has 0 amide bonds. The number of pyridine rings is 2. The van der Waals surface area contributed by atoms with Gasteiger partial charge in [0.15, 0.2) is 11.6 Å². The van der Waals surface area contributed by atoms with E-state index in [1.165, 1.54) is 13.5 Å². The summed E-state index contributed by atoms with van der Waals surface area (Å²) in [5, 5.41) is 4.22. The standard InChI is InChI=1S/C27H33FN6O/c1-32-8-5-19-16-34(17-20(19)15-32)25-12-23(31-24-13-26(35-2)22(28)11-21(24)25)18-3-4-27(30-14-18)33-9-6-29-7-10-33/h3-4,11-14,19-20,29H,5-10,15-17H2,1-2H3. The molecule has 3 aromatic rings. The van der Waals surface area contributed by atoms with E-state index in [0.717, 1.165) is 86.0 Å². The van der Waals surface area contributed by atoms with E-state index in [1.807, 2.05) is 6.20 Å². The Balaban J connectivity index is 1.39. The Morgan fingerprint density at radius 1 is 1.00 bits per heavy atom. The van der Waals surface area contributed by atoms with Crippen molar-refractivity contribution >= 4 is 22.4 Å². The van der Waals surface area contributed by atoms with Gasteiger partial charge in [-0.25, -0.2) is 14.4 Å². The van der Waals surface area contributed by atoms with Crippen molar-refractivity contribution in [2.75, 3.05) is 76.3 Å². The van der Waals surface area contributed by atoms with Gasteiger partial charge in [0, 0.05) is 74.7 Å². The van der Waals surface area contributed by atoms with Gasteiger partial charge in [0.1, 0.15) is 5.82 Å².